The molecule has 114 valence electrons. The van der Waals surface area contributed by atoms with Crippen LogP contribution in [0, 0.1) is 0 Å². The molecule has 0 bridgehead atoms. The normalized spacial score (nSPS) is 16.0. The Morgan fingerprint density at radius 1 is 0.818 bits per heavy atom. The summed E-state index contributed by atoms with van der Waals surface area (Å²) in [5.74, 6) is 0. The highest BCUT2D eigenvalue weighted by Gasteiger charge is 2.29. The van der Waals surface area contributed by atoms with Gasteiger partial charge in [-0.25, -0.2) is 0 Å². The summed E-state index contributed by atoms with van der Waals surface area (Å²) in [5, 5.41) is 29.7. The Morgan fingerprint density at radius 2 is 1.23 bits per heavy atom. The van der Waals surface area contributed by atoms with Gasteiger partial charge in [-0.05, 0) is 23.3 Å². The van der Waals surface area contributed by atoms with Crippen LogP contribution in [0.25, 0.3) is 12.2 Å². The van der Waals surface area contributed by atoms with Crippen LogP contribution in [0.4, 0.5) is 0 Å². The molecule has 3 nitrogen and oxygen atoms in total. The topological polar surface area (TPSA) is 60.7 Å². The summed E-state index contributed by atoms with van der Waals surface area (Å²) in [6.07, 6.45) is 5.11. The lowest BCUT2D eigenvalue weighted by Gasteiger charge is -2.25. The van der Waals surface area contributed by atoms with Crippen LogP contribution in [0.2, 0.25) is 0 Å². The second-order valence-electron chi connectivity index (χ2n) is 5.07. The van der Waals surface area contributed by atoms with Crippen molar-refractivity contribution in [1.82, 2.24) is 0 Å². The number of benzene rings is 2. The van der Waals surface area contributed by atoms with Gasteiger partial charge in [0.15, 0.2) is 0 Å². The van der Waals surface area contributed by atoms with Crippen LogP contribution in [0.15, 0.2) is 72.8 Å². The van der Waals surface area contributed by atoms with Crippen LogP contribution in [-0.4, -0.2) is 33.6 Å². The molecule has 0 fully saturated rings. The third-order valence-electron chi connectivity index (χ3n) is 3.39. The van der Waals surface area contributed by atoms with Gasteiger partial charge in [-0.3, -0.25) is 0 Å². The van der Waals surface area contributed by atoms with Crippen molar-refractivity contribution in [3.05, 3.63) is 83.9 Å². The minimum Gasteiger partial charge on any atom is -0.394 e. The summed E-state index contributed by atoms with van der Waals surface area (Å²) in [4.78, 5) is 0. The molecule has 1 unspecified atom stereocenters. The molecule has 0 amide bonds. The Balaban J connectivity index is 2.24. The van der Waals surface area contributed by atoms with Crippen LogP contribution in [0.5, 0.6) is 0 Å². The van der Waals surface area contributed by atoms with E-state index < -0.39 is 18.3 Å². The zero-order valence-corrected chi connectivity index (χ0v) is 12.2. The van der Waals surface area contributed by atoms with Crippen LogP contribution in [0.3, 0.4) is 0 Å². The maximum absolute atomic E-state index is 10.6. The third kappa shape index (κ3) is 4.40. The van der Waals surface area contributed by atoms with E-state index in [0.717, 1.165) is 11.1 Å². The van der Waals surface area contributed by atoms with Crippen LogP contribution in [-0.2, 0) is 0 Å². The zero-order chi connectivity index (χ0) is 15.8. The molecule has 0 heterocycles. The van der Waals surface area contributed by atoms with Crippen molar-refractivity contribution in [3.8, 4) is 0 Å². The maximum atomic E-state index is 10.6. The number of aliphatic hydroxyl groups excluding tert-OH is 2. The van der Waals surface area contributed by atoms with E-state index in [1.165, 1.54) is 12.2 Å². The second-order valence-corrected chi connectivity index (χ2v) is 5.07. The lowest BCUT2D eigenvalue weighted by atomic mass is 9.94. The van der Waals surface area contributed by atoms with Crippen molar-refractivity contribution in [3.63, 3.8) is 0 Å². The molecule has 3 N–H and O–H groups in total. The summed E-state index contributed by atoms with van der Waals surface area (Å²) in [5.41, 5.74) is 0.166. The monoisotopic (exact) mass is 296 g/mol. The summed E-state index contributed by atoms with van der Waals surface area (Å²) >= 11 is 0. The van der Waals surface area contributed by atoms with Crippen molar-refractivity contribution in [1.29, 1.82) is 0 Å². The number of aliphatic hydroxyl groups is 3. The van der Waals surface area contributed by atoms with Gasteiger partial charge >= 0.3 is 0 Å². The molecule has 0 aromatic heterocycles. The first kappa shape index (κ1) is 16.2. The Hall–Kier alpha value is -2.20. The quantitative estimate of drug-likeness (QED) is 0.767. The molecule has 0 radical (unpaired) electrons. The Labute approximate surface area is 130 Å². The van der Waals surface area contributed by atoms with E-state index >= 15 is 0 Å². The van der Waals surface area contributed by atoms with Gasteiger partial charge in [0.1, 0.15) is 11.7 Å². The molecule has 22 heavy (non-hydrogen) atoms. The molecule has 0 aliphatic carbocycles. The first-order valence-corrected chi connectivity index (χ1v) is 7.14. The molecule has 2 aromatic carbocycles. The maximum Gasteiger partial charge on any atom is 0.130 e. The molecule has 0 spiro atoms. The molecule has 3 heteroatoms. The third-order valence-corrected chi connectivity index (χ3v) is 3.39. The minimum atomic E-state index is -1.64. The molecule has 0 saturated carbocycles. The summed E-state index contributed by atoms with van der Waals surface area (Å²) < 4.78 is 0. The number of hydrogen-bond acceptors (Lipinski definition) is 3. The van der Waals surface area contributed by atoms with E-state index in [0.29, 0.717) is 0 Å². The fourth-order valence-corrected chi connectivity index (χ4v) is 2.01. The summed E-state index contributed by atoms with van der Waals surface area (Å²) in [6, 6.07) is 18.9. The van der Waals surface area contributed by atoms with Crippen molar-refractivity contribution >= 4 is 12.2 Å². The lowest BCUT2D eigenvalue weighted by molar-refractivity contribution is -0.0337. The van der Waals surface area contributed by atoms with E-state index in [4.69, 9.17) is 0 Å². The lowest BCUT2D eigenvalue weighted by Crippen LogP contribution is -2.40. The van der Waals surface area contributed by atoms with E-state index in [2.05, 4.69) is 0 Å². The summed E-state index contributed by atoms with van der Waals surface area (Å²) in [7, 11) is 0. The Morgan fingerprint density at radius 3 is 1.59 bits per heavy atom. The van der Waals surface area contributed by atoms with Gasteiger partial charge in [-0.15, -0.1) is 0 Å². The van der Waals surface area contributed by atoms with Gasteiger partial charge in [-0.2, -0.15) is 0 Å². The van der Waals surface area contributed by atoms with Crippen molar-refractivity contribution < 1.29 is 15.3 Å². The van der Waals surface area contributed by atoms with Gasteiger partial charge in [0.25, 0.3) is 0 Å². The van der Waals surface area contributed by atoms with Crippen LogP contribution in [0.1, 0.15) is 11.1 Å². The molecule has 0 aliphatic heterocycles. The van der Waals surface area contributed by atoms with E-state index in [9.17, 15) is 15.3 Å². The minimum absolute atomic E-state index is 0.533. The highest BCUT2D eigenvalue weighted by Crippen LogP contribution is 2.19. The highest BCUT2D eigenvalue weighted by atomic mass is 16.4. The fraction of sp³-hybridized carbons (Fsp3) is 0.158. The average molecular weight is 296 g/mol. The van der Waals surface area contributed by atoms with E-state index in [-0.39, 0.29) is 0 Å². The second kappa shape index (κ2) is 7.71. The molecule has 2 aromatic rings. The van der Waals surface area contributed by atoms with Gasteiger partial charge in [-0.1, -0.05) is 72.8 Å². The molecule has 0 saturated heterocycles. The van der Waals surface area contributed by atoms with Crippen molar-refractivity contribution in [2.45, 2.75) is 11.7 Å². The predicted octanol–water partition coefficient (Wildman–Crippen LogP) is 2.50. The first-order chi connectivity index (χ1) is 10.6. The average Bonchev–Trinajstić information content (AvgIpc) is 2.59. The van der Waals surface area contributed by atoms with Gasteiger partial charge < -0.3 is 15.3 Å². The predicted molar refractivity (Wildman–Crippen MR) is 89.0 cm³/mol. The van der Waals surface area contributed by atoms with Gasteiger partial charge in [0.2, 0.25) is 0 Å². The largest absolute Gasteiger partial charge is 0.394 e. The van der Waals surface area contributed by atoms with Crippen LogP contribution < -0.4 is 0 Å². The zero-order valence-electron chi connectivity index (χ0n) is 12.2. The highest BCUT2D eigenvalue weighted by molar-refractivity contribution is 5.55. The van der Waals surface area contributed by atoms with Gasteiger partial charge in [0, 0.05) is 0 Å². The molecule has 0 aliphatic rings. The number of rotatable bonds is 6. The molecule has 2 rings (SSSR count). The number of hydrogen-bond donors (Lipinski definition) is 3. The van der Waals surface area contributed by atoms with Crippen molar-refractivity contribution in [2.75, 3.05) is 6.61 Å². The van der Waals surface area contributed by atoms with Crippen LogP contribution >= 0.6 is 0 Å². The first-order valence-electron chi connectivity index (χ1n) is 7.14. The molecular formula is C19H20O3. The fourth-order valence-electron chi connectivity index (χ4n) is 2.01. The Bertz CT molecular complexity index is 568. The molecule has 1 atom stereocenters. The smallest absolute Gasteiger partial charge is 0.130 e. The summed E-state index contributed by atoms with van der Waals surface area (Å²) in [6.45, 7) is -0.533. The van der Waals surface area contributed by atoms with E-state index in [1.54, 1.807) is 12.2 Å². The molecular weight excluding hydrogens is 276 g/mol. The van der Waals surface area contributed by atoms with Gasteiger partial charge in [0.05, 0.1) is 6.61 Å². The standard InChI is InChI=1S/C19H20O3/c20-15-18(21)19(22,13-11-16-7-3-1-4-8-16)14-12-17-9-5-2-6-10-17/h1-14,18,20-22H,15H2. The SMILES string of the molecule is OCC(O)C(O)(C=Cc1ccccc1)C=Cc1ccccc1. The Kier molecular flexibility index (Phi) is 5.67. The van der Waals surface area contributed by atoms with Crippen molar-refractivity contribution in [2.24, 2.45) is 0 Å². The van der Waals surface area contributed by atoms with E-state index in [1.807, 2.05) is 60.7 Å².